The molecule has 1 aromatic carbocycles. The Hall–Kier alpha value is -1.88. The van der Waals surface area contributed by atoms with Crippen LogP contribution < -0.4 is 0 Å². The maximum absolute atomic E-state index is 13.0. The lowest BCUT2D eigenvalue weighted by Crippen LogP contribution is -2.35. The van der Waals surface area contributed by atoms with E-state index in [1.807, 2.05) is 17.0 Å². The zero-order valence-corrected chi connectivity index (χ0v) is 16.2. The second kappa shape index (κ2) is 8.67. The van der Waals surface area contributed by atoms with Crippen molar-refractivity contribution in [3.63, 3.8) is 0 Å². The van der Waals surface area contributed by atoms with Crippen LogP contribution in [-0.4, -0.2) is 27.5 Å². The van der Waals surface area contributed by atoms with E-state index in [0.29, 0.717) is 16.7 Å². The van der Waals surface area contributed by atoms with Crippen molar-refractivity contribution in [2.75, 3.05) is 6.54 Å². The number of unbranched alkanes of at least 4 members (excludes halogenated alkanes) is 1. The molecule has 6 heteroatoms. The van der Waals surface area contributed by atoms with Crippen molar-refractivity contribution >= 4 is 17.5 Å². The quantitative estimate of drug-likeness (QED) is 0.661. The molecule has 0 N–H and O–H groups in total. The summed E-state index contributed by atoms with van der Waals surface area (Å²) < 4.78 is 5.52. The van der Waals surface area contributed by atoms with Gasteiger partial charge in [-0.15, -0.1) is 0 Å². The van der Waals surface area contributed by atoms with Crippen LogP contribution in [0.3, 0.4) is 0 Å². The van der Waals surface area contributed by atoms with E-state index in [9.17, 15) is 4.79 Å². The molecule has 0 bridgehead atoms. The molecule has 2 aromatic rings. The maximum Gasteiger partial charge on any atom is 0.249 e. The van der Waals surface area contributed by atoms with Crippen molar-refractivity contribution in [2.24, 2.45) is 5.92 Å². The van der Waals surface area contributed by atoms with Gasteiger partial charge in [-0.1, -0.05) is 43.4 Å². The highest BCUT2D eigenvalue weighted by Crippen LogP contribution is 2.34. The first-order valence-corrected chi connectivity index (χ1v) is 9.91. The summed E-state index contributed by atoms with van der Waals surface area (Å²) in [5, 5.41) is 4.77. The van der Waals surface area contributed by atoms with E-state index in [1.165, 1.54) is 0 Å². The predicted octanol–water partition coefficient (Wildman–Crippen LogP) is 5.27. The summed E-state index contributed by atoms with van der Waals surface area (Å²) in [5.74, 6) is 1.39. The van der Waals surface area contributed by atoms with E-state index in [0.717, 1.165) is 50.6 Å². The number of hydrogen-bond acceptors (Lipinski definition) is 4. The third-order valence-corrected chi connectivity index (χ3v) is 5.37. The number of carbonyl (C=O) groups excluding carboxylic acids is 1. The molecule has 0 aliphatic carbocycles. The zero-order chi connectivity index (χ0) is 18.5. The number of aromatic nitrogens is 2. The molecule has 2 heterocycles. The normalized spacial score (nSPS) is 18.3. The van der Waals surface area contributed by atoms with Crippen LogP contribution in [0.15, 0.2) is 28.8 Å². The van der Waals surface area contributed by atoms with Gasteiger partial charge in [-0.3, -0.25) is 4.79 Å². The maximum atomic E-state index is 13.0. The van der Waals surface area contributed by atoms with E-state index < -0.39 is 0 Å². The lowest BCUT2D eigenvalue weighted by molar-refractivity contribution is -0.137. The average Bonchev–Trinajstić information content (AvgIpc) is 3.32. The number of amides is 1. The van der Waals surface area contributed by atoms with Crippen LogP contribution in [0.1, 0.15) is 64.3 Å². The fourth-order valence-corrected chi connectivity index (χ4v) is 3.69. The number of nitrogens with zero attached hydrogens (tertiary/aromatic N) is 3. The number of halogens is 1. The Balaban J connectivity index is 1.76. The van der Waals surface area contributed by atoms with Gasteiger partial charge in [0.25, 0.3) is 0 Å². The lowest BCUT2D eigenvalue weighted by Gasteiger charge is -2.26. The fraction of sp³-hybridized carbons (Fsp3) is 0.550. The first-order valence-electron chi connectivity index (χ1n) is 9.54. The minimum Gasteiger partial charge on any atom is -0.337 e. The SMILES string of the molecule is CCCC[C@H](CC)C(=O)N1CCC[C@H]1c1nc(-c2ccc(Cl)cc2)no1. The Morgan fingerprint density at radius 2 is 2.12 bits per heavy atom. The summed E-state index contributed by atoms with van der Waals surface area (Å²) >= 11 is 5.93. The molecule has 1 aliphatic heterocycles. The minimum atomic E-state index is -0.105. The van der Waals surface area contributed by atoms with Gasteiger partial charge in [-0.2, -0.15) is 4.98 Å². The van der Waals surface area contributed by atoms with Crippen molar-refractivity contribution in [1.29, 1.82) is 0 Å². The summed E-state index contributed by atoms with van der Waals surface area (Å²) in [6.45, 7) is 5.02. The Morgan fingerprint density at radius 1 is 1.35 bits per heavy atom. The number of carbonyl (C=O) groups is 1. The summed E-state index contributed by atoms with van der Waals surface area (Å²) in [6.07, 6.45) is 5.87. The van der Waals surface area contributed by atoms with Gasteiger partial charge in [0.05, 0.1) is 0 Å². The van der Waals surface area contributed by atoms with Crippen LogP contribution in [0.4, 0.5) is 0 Å². The number of benzene rings is 1. The summed E-state index contributed by atoms with van der Waals surface area (Å²) in [4.78, 5) is 19.5. The molecular weight excluding hydrogens is 350 g/mol. The van der Waals surface area contributed by atoms with Gasteiger partial charge >= 0.3 is 0 Å². The highest BCUT2D eigenvalue weighted by molar-refractivity contribution is 6.30. The second-order valence-corrected chi connectivity index (χ2v) is 7.34. The Morgan fingerprint density at radius 3 is 2.81 bits per heavy atom. The largest absolute Gasteiger partial charge is 0.337 e. The van der Waals surface area contributed by atoms with Crippen molar-refractivity contribution in [3.05, 3.63) is 35.2 Å². The van der Waals surface area contributed by atoms with Crippen molar-refractivity contribution in [3.8, 4) is 11.4 Å². The molecule has 0 unspecified atom stereocenters. The highest BCUT2D eigenvalue weighted by Gasteiger charge is 2.36. The van der Waals surface area contributed by atoms with Gasteiger partial charge in [0.15, 0.2) is 0 Å². The predicted molar refractivity (Wildman–Crippen MR) is 102 cm³/mol. The lowest BCUT2D eigenvalue weighted by atomic mass is 9.97. The second-order valence-electron chi connectivity index (χ2n) is 6.90. The van der Waals surface area contributed by atoms with Crippen molar-refractivity contribution in [2.45, 2.75) is 58.4 Å². The molecule has 1 amide bonds. The van der Waals surface area contributed by atoms with E-state index in [2.05, 4.69) is 24.0 Å². The summed E-state index contributed by atoms with van der Waals surface area (Å²) in [5.41, 5.74) is 0.856. The topological polar surface area (TPSA) is 59.2 Å². The molecular formula is C20H26ClN3O2. The fourth-order valence-electron chi connectivity index (χ4n) is 3.56. The van der Waals surface area contributed by atoms with Crippen LogP contribution in [0.2, 0.25) is 5.02 Å². The van der Waals surface area contributed by atoms with Gasteiger partial charge in [-0.25, -0.2) is 0 Å². The standard InChI is InChI=1S/C20H26ClN3O2/c1-3-5-7-14(4-2)20(25)24-13-6-8-17(24)19-22-18(23-26-19)15-9-11-16(21)12-10-15/h9-12,14,17H,3-8,13H2,1-2H3/t14-,17-/m0/s1. The number of rotatable bonds is 7. The van der Waals surface area contributed by atoms with E-state index in [-0.39, 0.29) is 17.9 Å². The van der Waals surface area contributed by atoms with Crippen LogP contribution in [0, 0.1) is 5.92 Å². The van der Waals surface area contributed by atoms with Crippen molar-refractivity contribution in [1.82, 2.24) is 15.0 Å². The molecule has 140 valence electrons. The summed E-state index contributed by atoms with van der Waals surface area (Å²) in [6, 6.07) is 7.24. The Bertz CT molecular complexity index is 729. The van der Waals surface area contributed by atoms with Gasteiger partial charge in [0.2, 0.25) is 17.6 Å². The van der Waals surface area contributed by atoms with Crippen LogP contribution >= 0.6 is 11.6 Å². The van der Waals surface area contributed by atoms with Crippen LogP contribution in [0.5, 0.6) is 0 Å². The summed E-state index contributed by atoms with van der Waals surface area (Å²) in [7, 11) is 0. The van der Waals surface area contributed by atoms with Crippen LogP contribution in [-0.2, 0) is 4.79 Å². The third-order valence-electron chi connectivity index (χ3n) is 5.11. The van der Waals surface area contributed by atoms with E-state index >= 15 is 0 Å². The third kappa shape index (κ3) is 4.09. The van der Waals surface area contributed by atoms with E-state index in [1.54, 1.807) is 12.1 Å². The van der Waals surface area contributed by atoms with E-state index in [4.69, 9.17) is 16.1 Å². The van der Waals surface area contributed by atoms with Gasteiger partial charge < -0.3 is 9.42 Å². The van der Waals surface area contributed by atoms with Crippen LogP contribution in [0.25, 0.3) is 11.4 Å². The van der Waals surface area contributed by atoms with Gasteiger partial charge in [0.1, 0.15) is 6.04 Å². The molecule has 1 fully saturated rings. The highest BCUT2D eigenvalue weighted by atomic mass is 35.5. The smallest absolute Gasteiger partial charge is 0.249 e. The zero-order valence-electron chi connectivity index (χ0n) is 15.4. The first kappa shape index (κ1) is 18.9. The molecule has 0 spiro atoms. The molecule has 2 atom stereocenters. The number of hydrogen-bond donors (Lipinski definition) is 0. The van der Waals surface area contributed by atoms with Gasteiger partial charge in [0, 0.05) is 23.0 Å². The molecule has 1 aliphatic rings. The molecule has 5 nitrogen and oxygen atoms in total. The Kier molecular flexibility index (Phi) is 6.30. The molecule has 1 aromatic heterocycles. The number of likely N-dealkylation sites (tertiary alicyclic amines) is 1. The van der Waals surface area contributed by atoms with Crippen molar-refractivity contribution < 1.29 is 9.32 Å². The molecule has 3 rings (SSSR count). The monoisotopic (exact) mass is 375 g/mol. The first-order chi connectivity index (χ1) is 12.6. The minimum absolute atomic E-state index is 0.0919. The Labute approximate surface area is 159 Å². The molecule has 26 heavy (non-hydrogen) atoms. The molecule has 1 saturated heterocycles. The molecule has 0 radical (unpaired) electrons. The van der Waals surface area contributed by atoms with Gasteiger partial charge in [-0.05, 0) is 49.9 Å². The average molecular weight is 376 g/mol. The molecule has 0 saturated carbocycles.